The van der Waals surface area contributed by atoms with Crippen LogP contribution in [0.25, 0.3) is 0 Å². The Hall–Kier alpha value is -0.730. The quantitative estimate of drug-likeness (QED) is 0.552. The van der Waals surface area contributed by atoms with E-state index in [0.29, 0.717) is 15.9 Å². The summed E-state index contributed by atoms with van der Waals surface area (Å²) in [4.78, 5) is 3.82. The fraction of sp³-hybridized carbons (Fsp3) is 0.125. The largest absolute Gasteiger partial charge is 0.384 e. The number of rotatable bonds is 1. The molecule has 0 bridgehead atoms. The molecule has 1 rings (SSSR count). The minimum absolute atomic E-state index is 0.430. The number of halogens is 2. The average molecular weight is 203 g/mol. The Morgan fingerprint density at radius 3 is 2.17 bits per heavy atom. The van der Waals surface area contributed by atoms with E-state index in [1.165, 1.54) is 0 Å². The van der Waals surface area contributed by atoms with Gasteiger partial charge in [-0.3, -0.25) is 4.99 Å². The topological polar surface area (TPSA) is 38.4 Å². The fourth-order valence-electron chi connectivity index (χ4n) is 0.831. The van der Waals surface area contributed by atoms with Crippen LogP contribution in [0, 0.1) is 0 Å². The molecular formula is C8H8Cl2N2. The van der Waals surface area contributed by atoms with Gasteiger partial charge in [0.15, 0.2) is 0 Å². The molecular weight excluding hydrogens is 195 g/mol. The van der Waals surface area contributed by atoms with Crippen LogP contribution in [0.5, 0.6) is 0 Å². The number of aliphatic imine (C=N–C) groups is 1. The van der Waals surface area contributed by atoms with Gasteiger partial charge < -0.3 is 5.73 Å². The number of amidine groups is 1. The monoisotopic (exact) mass is 202 g/mol. The first-order chi connectivity index (χ1) is 5.63. The third kappa shape index (κ3) is 2.13. The molecule has 0 aliphatic rings. The van der Waals surface area contributed by atoms with E-state index in [1.807, 2.05) is 0 Å². The maximum atomic E-state index is 5.76. The Bertz CT molecular complexity index is 301. The predicted molar refractivity (Wildman–Crippen MR) is 53.1 cm³/mol. The predicted octanol–water partition coefficient (Wildman–Crippen LogP) is 2.33. The van der Waals surface area contributed by atoms with Crippen molar-refractivity contribution in [3.63, 3.8) is 0 Å². The van der Waals surface area contributed by atoms with Crippen molar-refractivity contribution in [3.8, 4) is 0 Å². The number of hydrogen-bond donors (Lipinski definition) is 1. The van der Waals surface area contributed by atoms with Crippen LogP contribution in [0.3, 0.4) is 0 Å². The highest BCUT2D eigenvalue weighted by molar-refractivity contribution is 6.35. The van der Waals surface area contributed by atoms with Gasteiger partial charge in [0.2, 0.25) is 0 Å². The third-order valence-electron chi connectivity index (χ3n) is 1.40. The molecule has 0 radical (unpaired) electrons. The van der Waals surface area contributed by atoms with E-state index in [1.54, 1.807) is 25.2 Å². The highest BCUT2D eigenvalue weighted by Gasteiger charge is 2.00. The smallest absolute Gasteiger partial charge is 0.125 e. The van der Waals surface area contributed by atoms with Crippen LogP contribution < -0.4 is 5.73 Å². The second kappa shape index (κ2) is 3.78. The molecule has 0 atom stereocenters. The van der Waals surface area contributed by atoms with Crippen molar-refractivity contribution in [2.75, 3.05) is 7.05 Å². The van der Waals surface area contributed by atoms with Crippen molar-refractivity contribution >= 4 is 29.0 Å². The lowest BCUT2D eigenvalue weighted by molar-refractivity contribution is 1.39. The molecule has 1 aromatic rings. The zero-order valence-corrected chi connectivity index (χ0v) is 8.02. The van der Waals surface area contributed by atoms with Gasteiger partial charge in [-0.2, -0.15) is 0 Å². The zero-order chi connectivity index (χ0) is 9.14. The lowest BCUT2D eigenvalue weighted by Gasteiger charge is -2.00. The van der Waals surface area contributed by atoms with Gasteiger partial charge in [0.05, 0.1) is 0 Å². The molecule has 1 aromatic carbocycles. The van der Waals surface area contributed by atoms with Gasteiger partial charge in [-0.05, 0) is 18.2 Å². The first-order valence-corrected chi connectivity index (χ1v) is 4.08. The molecule has 0 spiro atoms. The van der Waals surface area contributed by atoms with Crippen LogP contribution in [-0.2, 0) is 0 Å². The van der Waals surface area contributed by atoms with E-state index in [2.05, 4.69) is 4.99 Å². The summed E-state index contributed by atoms with van der Waals surface area (Å²) in [6.45, 7) is 0. The van der Waals surface area contributed by atoms with E-state index >= 15 is 0 Å². The highest BCUT2D eigenvalue weighted by atomic mass is 35.5. The van der Waals surface area contributed by atoms with Crippen LogP contribution in [0.15, 0.2) is 23.2 Å². The van der Waals surface area contributed by atoms with Crippen molar-refractivity contribution in [2.24, 2.45) is 10.7 Å². The summed E-state index contributed by atoms with van der Waals surface area (Å²) < 4.78 is 0. The van der Waals surface area contributed by atoms with Gasteiger partial charge in [-0.1, -0.05) is 23.2 Å². The molecule has 0 unspecified atom stereocenters. The minimum atomic E-state index is 0.430. The molecule has 0 fully saturated rings. The first kappa shape index (κ1) is 9.36. The van der Waals surface area contributed by atoms with Gasteiger partial charge in [0.25, 0.3) is 0 Å². The van der Waals surface area contributed by atoms with Crippen LogP contribution >= 0.6 is 23.2 Å². The van der Waals surface area contributed by atoms with E-state index in [0.717, 1.165) is 5.56 Å². The molecule has 0 saturated heterocycles. The van der Waals surface area contributed by atoms with Crippen molar-refractivity contribution < 1.29 is 0 Å². The average Bonchev–Trinajstić information content (AvgIpc) is 2.01. The van der Waals surface area contributed by atoms with Gasteiger partial charge in [0, 0.05) is 22.7 Å². The summed E-state index contributed by atoms with van der Waals surface area (Å²) in [6.07, 6.45) is 0. The molecule has 2 nitrogen and oxygen atoms in total. The van der Waals surface area contributed by atoms with Crippen LogP contribution in [-0.4, -0.2) is 12.9 Å². The molecule has 4 heteroatoms. The molecule has 2 N–H and O–H groups in total. The van der Waals surface area contributed by atoms with E-state index < -0.39 is 0 Å². The van der Waals surface area contributed by atoms with E-state index in [-0.39, 0.29) is 0 Å². The fourth-order valence-corrected chi connectivity index (χ4v) is 1.36. The van der Waals surface area contributed by atoms with Crippen molar-refractivity contribution in [2.45, 2.75) is 0 Å². The Balaban J connectivity index is 3.17. The molecule has 0 aliphatic heterocycles. The summed E-state index contributed by atoms with van der Waals surface area (Å²) in [5.41, 5.74) is 6.31. The Labute approximate surface area is 81.0 Å². The van der Waals surface area contributed by atoms with E-state index in [4.69, 9.17) is 28.9 Å². The van der Waals surface area contributed by atoms with Crippen molar-refractivity contribution in [1.29, 1.82) is 0 Å². The standard InChI is InChI=1S/C8H8Cl2N2/c1-12-8(11)5-2-6(9)4-7(10)3-5/h2-4H,1H3,(H2,11,12). The van der Waals surface area contributed by atoms with Gasteiger partial charge in [-0.25, -0.2) is 0 Å². The summed E-state index contributed by atoms with van der Waals surface area (Å²) in [6, 6.07) is 5.08. The molecule has 0 aromatic heterocycles. The summed E-state index contributed by atoms with van der Waals surface area (Å²) >= 11 is 11.5. The Kier molecular flexibility index (Phi) is 2.95. The molecule has 0 saturated carbocycles. The summed E-state index contributed by atoms with van der Waals surface area (Å²) in [7, 11) is 1.62. The lowest BCUT2D eigenvalue weighted by Crippen LogP contribution is -2.12. The van der Waals surface area contributed by atoms with Crippen molar-refractivity contribution in [1.82, 2.24) is 0 Å². The minimum Gasteiger partial charge on any atom is -0.384 e. The maximum absolute atomic E-state index is 5.76. The second-order valence-corrected chi connectivity index (χ2v) is 3.14. The SMILES string of the molecule is CN=C(N)c1cc(Cl)cc(Cl)c1. The van der Waals surface area contributed by atoms with Crippen LogP contribution in [0.2, 0.25) is 10.0 Å². The number of nitrogens with zero attached hydrogens (tertiary/aromatic N) is 1. The number of nitrogens with two attached hydrogens (primary N) is 1. The first-order valence-electron chi connectivity index (χ1n) is 3.32. The second-order valence-electron chi connectivity index (χ2n) is 2.27. The number of hydrogen-bond acceptors (Lipinski definition) is 1. The molecule has 12 heavy (non-hydrogen) atoms. The normalized spacial score (nSPS) is 11.8. The van der Waals surface area contributed by atoms with E-state index in [9.17, 15) is 0 Å². The summed E-state index contributed by atoms with van der Waals surface area (Å²) in [5.74, 6) is 0.430. The van der Waals surface area contributed by atoms with Crippen LogP contribution in [0.4, 0.5) is 0 Å². The highest BCUT2D eigenvalue weighted by Crippen LogP contribution is 2.18. The van der Waals surface area contributed by atoms with Gasteiger partial charge in [-0.15, -0.1) is 0 Å². The zero-order valence-electron chi connectivity index (χ0n) is 6.51. The third-order valence-corrected chi connectivity index (χ3v) is 1.84. The molecule has 64 valence electrons. The lowest BCUT2D eigenvalue weighted by atomic mass is 10.2. The number of benzene rings is 1. The molecule has 0 heterocycles. The van der Waals surface area contributed by atoms with Gasteiger partial charge >= 0.3 is 0 Å². The van der Waals surface area contributed by atoms with Crippen molar-refractivity contribution in [3.05, 3.63) is 33.8 Å². The van der Waals surface area contributed by atoms with Gasteiger partial charge in [0.1, 0.15) is 5.84 Å². The van der Waals surface area contributed by atoms with Crippen LogP contribution in [0.1, 0.15) is 5.56 Å². The Morgan fingerprint density at radius 1 is 1.25 bits per heavy atom. The maximum Gasteiger partial charge on any atom is 0.125 e. The molecule has 0 aliphatic carbocycles. The Morgan fingerprint density at radius 2 is 1.75 bits per heavy atom. The summed E-state index contributed by atoms with van der Waals surface area (Å²) in [5, 5.41) is 1.12. The molecule has 0 amide bonds.